The van der Waals surface area contributed by atoms with Crippen LogP contribution in [0.3, 0.4) is 0 Å². The first-order valence-corrected chi connectivity index (χ1v) is 5.07. The predicted molar refractivity (Wildman–Crippen MR) is 63.5 cm³/mol. The van der Waals surface area contributed by atoms with Gasteiger partial charge in [0.25, 0.3) is 0 Å². The van der Waals surface area contributed by atoms with Gasteiger partial charge in [0.1, 0.15) is 17.4 Å². The molecule has 7 nitrogen and oxygen atoms in total. The SMILES string of the molecule is COCC(N)C(=O)Nc1ccc(C(=O)O)c(O)c1. The summed E-state index contributed by atoms with van der Waals surface area (Å²) in [6.07, 6.45) is 0. The van der Waals surface area contributed by atoms with Gasteiger partial charge in [-0.05, 0) is 12.1 Å². The highest BCUT2D eigenvalue weighted by Crippen LogP contribution is 2.21. The number of hydrogen-bond donors (Lipinski definition) is 4. The summed E-state index contributed by atoms with van der Waals surface area (Å²) in [6, 6.07) is 2.85. The lowest BCUT2D eigenvalue weighted by Crippen LogP contribution is -2.39. The molecule has 0 aliphatic heterocycles. The molecule has 0 aromatic heterocycles. The number of phenols is 1. The molecular formula is C11H14N2O5. The summed E-state index contributed by atoms with van der Waals surface area (Å²) < 4.78 is 4.72. The number of nitrogens with one attached hydrogen (secondary N) is 1. The molecule has 1 aromatic carbocycles. The van der Waals surface area contributed by atoms with Crippen molar-refractivity contribution >= 4 is 17.6 Å². The fourth-order valence-electron chi connectivity index (χ4n) is 1.28. The molecule has 0 saturated carbocycles. The van der Waals surface area contributed by atoms with Gasteiger partial charge in [-0.3, -0.25) is 4.79 Å². The van der Waals surface area contributed by atoms with Crippen molar-refractivity contribution in [1.29, 1.82) is 0 Å². The molecule has 5 N–H and O–H groups in total. The summed E-state index contributed by atoms with van der Waals surface area (Å²) in [5.41, 5.74) is 5.51. The number of carboxylic acids is 1. The molecule has 18 heavy (non-hydrogen) atoms. The van der Waals surface area contributed by atoms with E-state index in [9.17, 15) is 14.7 Å². The summed E-state index contributed by atoms with van der Waals surface area (Å²) in [7, 11) is 1.42. The number of methoxy groups -OCH3 is 1. The van der Waals surface area contributed by atoms with Gasteiger partial charge in [-0.1, -0.05) is 0 Å². The van der Waals surface area contributed by atoms with E-state index < -0.39 is 23.7 Å². The lowest BCUT2D eigenvalue weighted by Gasteiger charge is -2.11. The van der Waals surface area contributed by atoms with Gasteiger partial charge < -0.3 is 26.0 Å². The van der Waals surface area contributed by atoms with Gasteiger partial charge in [0.15, 0.2) is 0 Å². The third kappa shape index (κ3) is 3.44. The Morgan fingerprint density at radius 1 is 1.50 bits per heavy atom. The fraction of sp³-hybridized carbons (Fsp3) is 0.273. The first-order valence-electron chi connectivity index (χ1n) is 5.07. The number of rotatable bonds is 5. The van der Waals surface area contributed by atoms with Crippen LogP contribution in [0.2, 0.25) is 0 Å². The topological polar surface area (TPSA) is 122 Å². The first-order chi connectivity index (χ1) is 8.45. The molecule has 0 heterocycles. The Hall–Kier alpha value is -2.12. The Bertz CT molecular complexity index is 461. The van der Waals surface area contributed by atoms with Crippen LogP contribution in [0.1, 0.15) is 10.4 Å². The highest BCUT2D eigenvalue weighted by Gasteiger charge is 2.15. The molecule has 0 aliphatic carbocycles. The van der Waals surface area contributed by atoms with Crippen molar-refractivity contribution < 1.29 is 24.5 Å². The van der Waals surface area contributed by atoms with Crippen LogP contribution in [0.15, 0.2) is 18.2 Å². The minimum absolute atomic E-state index is 0.0605. The van der Waals surface area contributed by atoms with Crippen LogP contribution in [0.25, 0.3) is 0 Å². The van der Waals surface area contributed by atoms with E-state index in [1.165, 1.54) is 19.2 Å². The van der Waals surface area contributed by atoms with E-state index in [0.29, 0.717) is 0 Å². The molecule has 98 valence electrons. The number of carbonyl (C=O) groups excluding carboxylic acids is 1. The molecule has 0 fully saturated rings. The van der Waals surface area contributed by atoms with Crippen molar-refractivity contribution in [2.24, 2.45) is 5.73 Å². The first kappa shape index (κ1) is 13.9. The quantitative estimate of drug-likeness (QED) is 0.586. The summed E-state index contributed by atoms with van der Waals surface area (Å²) >= 11 is 0. The molecule has 0 radical (unpaired) electrons. The van der Waals surface area contributed by atoms with Crippen LogP contribution in [-0.2, 0) is 9.53 Å². The number of carboxylic acid groups (broad SMARTS) is 1. The van der Waals surface area contributed by atoms with Crippen LogP contribution in [-0.4, -0.2) is 41.8 Å². The van der Waals surface area contributed by atoms with Gasteiger partial charge in [-0.15, -0.1) is 0 Å². The summed E-state index contributed by atoms with van der Waals surface area (Å²) in [5.74, 6) is -2.17. The number of carbonyl (C=O) groups is 2. The van der Waals surface area contributed by atoms with E-state index in [-0.39, 0.29) is 17.9 Å². The van der Waals surface area contributed by atoms with Gasteiger partial charge in [0, 0.05) is 18.9 Å². The number of aromatic carboxylic acids is 1. The smallest absolute Gasteiger partial charge is 0.339 e. The van der Waals surface area contributed by atoms with Gasteiger partial charge in [-0.2, -0.15) is 0 Å². The van der Waals surface area contributed by atoms with Crippen molar-refractivity contribution in [3.8, 4) is 5.75 Å². The van der Waals surface area contributed by atoms with Gasteiger partial charge >= 0.3 is 5.97 Å². The van der Waals surface area contributed by atoms with Gasteiger partial charge in [0.2, 0.25) is 5.91 Å². The second-order valence-electron chi connectivity index (χ2n) is 3.59. The van der Waals surface area contributed by atoms with E-state index in [1.807, 2.05) is 0 Å². The van der Waals surface area contributed by atoms with E-state index in [4.69, 9.17) is 15.6 Å². The zero-order valence-electron chi connectivity index (χ0n) is 9.71. The van der Waals surface area contributed by atoms with Crippen molar-refractivity contribution in [3.63, 3.8) is 0 Å². The van der Waals surface area contributed by atoms with Crippen LogP contribution in [0.5, 0.6) is 5.75 Å². The van der Waals surface area contributed by atoms with Crippen LogP contribution in [0, 0.1) is 0 Å². The summed E-state index contributed by atoms with van der Waals surface area (Å²) in [5, 5.41) is 20.6. The number of benzene rings is 1. The fourth-order valence-corrected chi connectivity index (χ4v) is 1.28. The van der Waals surface area contributed by atoms with Crippen molar-refractivity contribution in [1.82, 2.24) is 0 Å². The number of nitrogens with two attached hydrogens (primary N) is 1. The average molecular weight is 254 g/mol. The second kappa shape index (κ2) is 5.99. The van der Waals surface area contributed by atoms with E-state index in [0.717, 1.165) is 6.07 Å². The Morgan fingerprint density at radius 2 is 2.17 bits per heavy atom. The minimum Gasteiger partial charge on any atom is -0.507 e. The zero-order chi connectivity index (χ0) is 13.7. The summed E-state index contributed by atoms with van der Waals surface area (Å²) in [4.78, 5) is 22.2. The lowest BCUT2D eigenvalue weighted by atomic mass is 10.2. The number of anilines is 1. The number of aromatic hydroxyl groups is 1. The average Bonchev–Trinajstić information content (AvgIpc) is 2.28. The van der Waals surface area contributed by atoms with Crippen LogP contribution in [0.4, 0.5) is 5.69 Å². The number of hydrogen-bond acceptors (Lipinski definition) is 5. The highest BCUT2D eigenvalue weighted by molar-refractivity contribution is 5.96. The molecule has 1 rings (SSSR count). The maximum atomic E-state index is 11.5. The zero-order valence-corrected chi connectivity index (χ0v) is 9.71. The Morgan fingerprint density at radius 3 is 2.67 bits per heavy atom. The molecule has 1 amide bonds. The van der Waals surface area contributed by atoms with Gasteiger partial charge in [-0.25, -0.2) is 4.79 Å². The standard InChI is InChI=1S/C11H14N2O5/c1-18-5-8(12)10(15)13-6-2-3-7(11(16)17)9(14)4-6/h2-4,8,14H,5,12H2,1H3,(H,13,15)(H,16,17). The molecule has 1 aromatic rings. The lowest BCUT2D eigenvalue weighted by molar-refractivity contribution is -0.118. The Labute approximate surface area is 103 Å². The third-order valence-electron chi connectivity index (χ3n) is 2.18. The molecule has 0 aliphatic rings. The number of amides is 1. The van der Waals surface area contributed by atoms with Crippen molar-refractivity contribution in [2.75, 3.05) is 19.0 Å². The maximum absolute atomic E-state index is 11.5. The molecule has 0 saturated heterocycles. The monoisotopic (exact) mass is 254 g/mol. The molecule has 0 bridgehead atoms. The summed E-state index contributed by atoms with van der Waals surface area (Å²) in [6.45, 7) is 0.0605. The normalized spacial score (nSPS) is 11.9. The molecule has 7 heteroatoms. The van der Waals surface area contributed by atoms with Gasteiger partial charge in [0.05, 0.1) is 6.61 Å². The maximum Gasteiger partial charge on any atom is 0.339 e. The van der Waals surface area contributed by atoms with E-state index in [2.05, 4.69) is 5.32 Å². The molecule has 1 atom stereocenters. The second-order valence-corrected chi connectivity index (χ2v) is 3.59. The number of ether oxygens (including phenoxy) is 1. The predicted octanol–water partition coefficient (Wildman–Crippen LogP) is 0.00260. The minimum atomic E-state index is -1.25. The Balaban J connectivity index is 2.77. The van der Waals surface area contributed by atoms with Crippen molar-refractivity contribution in [3.05, 3.63) is 23.8 Å². The Kier molecular flexibility index (Phi) is 4.64. The highest BCUT2D eigenvalue weighted by atomic mass is 16.5. The van der Waals surface area contributed by atoms with Crippen LogP contribution >= 0.6 is 0 Å². The van der Waals surface area contributed by atoms with Crippen LogP contribution < -0.4 is 11.1 Å². The third-order valence-corrected chi connectivity index (χ3v) is 2.18. The molecular weight excluding hydrogens is 240 g/mol. The van der Waals surface area contributed by atoms with Crippen molar-refractivity contribution in [2.45, 2.75) is 6.04 Å². The van der Waals surface area contributed by atoms with E-state index >= 15 is 0 Å². The molecule has 1 unspecified atom stereocenters. The molecule has 0 spiro atoms. The van der Waals surface area contributed by atoms with E-state index in [1.54, 1.807) is 0 Å². The largest absolute Gasteiger partial charge is 0.507 e.